The van der Waals surface area contributed by atoms with Crippen LogP contribution in [-0.2, 0) is 10.8 Å². The highest BCUT2D eigenvalue weighted by atomic mass is 28.4. The summed E-state index contributed by atoms with van der Waals surface area (Å²) >= 11 is 0. The van der Waals surface area contributed by atoms with E-state index in [2.05, 4.69) is 64.9 Å². The summed E-state index contributed by atoms with van der Waals surface area (Å²) in [5.41, 5.74) is 2.50. The van der Waals surface area contributed by atoms with Crippen molar-refractivity contribution in [3.05, 3.63) is 23.8 Å². The third-order valence-electron chi connectivity index (χ3n) is 4.79. The smallest absolute Gasteiger partial charge is 0.192 e. The molecule has 126 valence electrons. The van der Waals surface area contributed by atoms with Crippen LogP contribution in [0.2, 0.25) is 18.1 Å². The molecule has 0 amide bonds. The Morgan fingerprint density at radius 1 is 1.18 bits per heavy atom. The number of hydrogen-bond acceptors (Lipinski definition) is 3. The van der Waals surface area contributed by atoms with Crippen LogP contribution in [-0.4, -0.2) is 35.6 Å². The summed E-state index contributed by atoms with van der Waals surface area (Å²) in [5.74, 6) is 0.970. The number of anilines is 1. The number of hydrogen-bond donors (Lipinski definition) is 0. The molecule has 0 heterocycles. The molecule has 0 aliphatic rings. The van der Waals surface area contributed by atoms with Gasteiger partial charge in [0.05, 0.1) is 13.7 Å². The Labute approximate surface area is 137 Å². The maximum Gasteiger partial charge on any atom is 0.192 e. The van der Waals surface area contributed by atoms with Crippen molar-refractivity contribution in [2.75, 3.05) is 32.2 Å². The van der Waals surface area contributed by atoms with Gasteiger partial charge in [-0.25, -0.2) is 0 Å². The quantitative estimate of drug-likeness (QED) is 0.678. The molecule has 0 N–H and O–H groups in total. The van der Waals surface area contributed by atoms with Crippen molar-refractivity contribution in [3.63, 3.8) is 0 Å². The monoisotopic (exact) mass is 323 g/mol. The van der Waals surface area contributed by atoms with Crippen LogP contribution in [0.25, 0.3) is 0 Å². The standard InChI is InChI=1S/C18H33NO2Si/c1-9-15-16(11-10-12-17(15)20-6)19(5)13-14-21-22(7,8)18(2,3)4/h10-12H,9,13-14H2,1-8H3. The molecule has 0 aromatic heterocycles. The van der Waals surface area contributed by atoms with Crippen molar-refractivity contribution in [3.8, 4) is 5.75 Å². The van der Waals surface area contributed by atoms with Gasteiger partial charge in [-0.1, -0.05) is 33.8 Å². The summed E-state index contributed by atoms with van der Waals surface area (Å²) in [7, 11) is 2.20. The summed E-state index contributed by atoms with van der Waals surface area (Å²) in [6.45, 7) is 15.3. The molecule has 0 spiro atoms. The predicted octanol–water partition coefficient (Wildman–Crippen LogP) is 4.72. The molecule has 0 bridgehead atoms. The highest BCUT2D eigenvalue weighted by Gasteiger charge is 2.36. The molecule has 3 nitrogen and oxygen atoms in total. The zero-order valence-corrected chi connectivity index (χ0v) is 16.6. The first kappa shape index (κ1) is 19.0. The van der Waals surface area contributed by atoms with Gasteiger partial charge in [0.2, 0.25) is 0 Å². The van der Waals surface area contributed by atoms with Crippen LogP contribution in [0.1, 0.15) is 33.3 Å². The lowest BCUT2D eigenvalue weighted by Crippen LogP contribution is -2.42. The average Bonchev–Trinajstić information content (AvgIpc) is 2.44. The Morgan fingerprint density at radius 2 is 1.82 bits per heavy atom. The van der Waals surface area contributed by atoms with E-state index in [1.807, 2.05) is 6.07 Å². The molecular weight excluding hydrogens is 290 g/mol. The Kier molecular flexibility index (Phi) is 6.50. The van der Waals surface area contributed by atoms with E-state index in [0.717, 1.165) is 25.3 Å². The SMILES string of the molecule is CCc1c(OC)cccc1N(C)CCO[Si](C)(C)C(C)(C)C. The molecule has 1 aromatic carbocycles. The minimum absolute atomic E-state index is 0.260. The first-order valence-electron chi connectivity index (χ1n) is 8.15. The lowest BCUT2D eigenvalue weighted by atomic mass is 10.1. The second-order valence-electron chi connectivity index (χ2n) is 7.34. The van der Waals surface area contributed by atoms with E-state index in [-0.39, 0.29) is 5.04 Å². The summed E-state index contributed by atoms with van der Waals surface area (Å²) < 4.78 is 11.8. The average molecular weight is 324 g/mol. The number of benzene rings is 1. The van der Waals surface area contributed by atoms with Crippen LogP contribution < -0.4 is 9.64 Å². The van der Waals surface area contributed by atoms with Crippen molar-refractivity contribution in [2.24, 2.45) is 0 Å². The van der Waals surface area contributed by atoms with Gasteiger partial charge in [0.1, 0.15) is 5.75 Å². The summed E-state index contributed by atoms with van der Waals surface area (Å²) in [5, 5.41) is 0.260. The first-order valence-corrected chi connectivity index (χ1v) is 11.1. The van der Waals surface area contributed by atoms with Crippen LogP contribution in [0.4, 0.5) is 5.69 Å². The molecule has 1 rings (SSSR count). The predicted molar refractivity (Wildman–Crippen MR) is 98.8 cm³/mol. The maximum atomic E-state index is 6.28. The number of ether oxygens (including phenoxy) is 1. The molecule has 0 unspecified atom stereocenters. The number of methoxy groups -OCH3 is 1. The third kappa shape index (κ3) is 4.50. The van der Waals surface area contributed by atoms with E-state index in [4.69, 9.17) is 9.16 Å². The van der Waals surface area contributed by atoms with Crippen molar-refractivity contribution < 1.29 is 9.16 Å². The molecule has 0 saturated carbocycles. The largest absolute Gasteiger partial charge is 0.496 e. The zero-order valence-electron chi connectivity index (χ0n) is 15.6. The summed E-state index contributed by atoms with van der Waals surface area (Å²) in [6, 6.07) is 6.24. The van der Waals surface area contributed by atoms with Crippen LogP contribution >= 0.6 is 0 Å². The molecule has 0 aliphatic carbocycles. The lowest BCUT2D eigenvalue weighted by molar-refractivity contribution is 0.295. The van der Waals surface area contributed by atoms with Crippen molar-refractivity contribution in [2.45, 2.75) is 52.2 Å². The Balaban J connectivity index is 2.73. The fraction of sp³-hybridized carbons (Fsp3) is 0.667. The van der Waals surface area contributed by atoms with Gasteiger partial charge in [0, 0.05) is 24.8 Å². The van der Waals surface area contributed by atoms with Crippen molar-refractivity contribution in [1.82, 2.24) is 0 Å². The van der Waals surface area contributed by atoms with Crippen molar-refractivity contribution in [1.29, 1.82) is 0 Å². The van der Waals surface area contributed by atoms with E-state index in [9.17, 15) is 0 Å². The molecule has 0 aliphatic heterocycles. The van der Waals surface area contributed by atoms with E-state index >= 15 is 0 Å². The van der Waals surface area contributed by atoms with Gasteiger partial charge in [0.15, 0.2) is 8.32 Å². The normalized spacial score (nSPS) is 12.4. The van der Waals surface area contributed by atoms with Gasteiger partial charge in [-0.2, -0.15) is 0 Å². The number of likely N-dealkylation sites (N-methyl/N-ethyl adjacent to an activating group) is 1. The van der Waals surface area contributed by atoms with Gasteiger partial charge >= 0.3 is 0 Å². The third-order valence-corrected chi connectivity index (χ3v) is 9.33. The second kappa shape index (κ2) is 7.51. The molecule has 1 aromatic rings. The van der Waals surface area contributed by atoms with Gasteiger partial charge in [-0.05, 0) is 36.7 Å². The lowest BCUT2D eigenvalue weighted by Gasteiger charge is -2.36. The zero-order chi connectivity index (χ0) is 17.0. The van der Waals surface area contributed by atoms with Crippen LogP contribution in [0, 0.1) is 0 Å². The molecule has 22 heavy (non-hydrogen) atoms. The highest BCUT2D eigenvalue weighted by Crippen LogP contribution is 2.36. The van der Waals surface area contributed by atoms with E-state index in [1.54, 1.807) is 7.11 Å². The molecule has 0 atom stereocenters. The molecule has 4 heteroatoms. The van der Waals surface area contributed by atoms with Gasteiger partial charge in [0.25, 0.3) is 0 Å². The fourth-order valence-corrected chi connectivity index (χ4v) is 3.27. The maximum absolute atomic E-state index is 6.28. The van der Waals surface area contributed by atoms with Crippen LogP contribution in [0.15, 0.2) is 18.2 Å². The van der Waals surface area contributed by atoms with E-state index < -0.39 is 8.32 Å². The van der Waals surface area contributed by atoms with E-state index in [0.29, 0.717) is 0 Å². The number of rotatable bonds is 7. The van der Waals surface area contributed by atoms with Crippen molar-refractivity contribution >= 4 is 14.0 Å². The summed E-state index contributed by atoms with van der Waals surface area (Å²) in [4.78, 5) is 2.27. The van der Waals surface area contributed by atoms with Crippen LogP contribution in [0.5, 0.6) is 5.75 Å². The van der Waals surface area contributed by atoms with Gasteiger partial charge in [-0.15, -0.1) is 0 Å². The first-order chi connectivity index (χ1) is 10.1. The summed E-state index contributed by atoms with van der Waals surface area (Å²) in [6.07, 6.45) is 0.965. The Hall–Kier alpha value is -1.00. The minimum Gasteiger partial charge on any atom is -0.496 e. The molecular formula is C18H33NO2Si. The Morgan fingerprint density at radius 3 is 2.32 bits per heavy atom. The molecule has 0 radical (unpaired) electrons. The van der Waals surface area contributed by atoms with E-state index in [1.165, 1.54) is 11.3 Å². The minimum atomic E-state index is -1.66. The highest BCUT2D eigenvalue weighted by molar-refractivity contribution is 6.74. The molecule has 0 saturated heterocycles. The topological polar surface area (TPSA) is 21.7 Å². The van der Waals surface area contributed by atoms with Crippen LogP contribution in [0.3, 0.4) is 0 Å². The fourth-order valence-electron chi connectivity index (χ4n) is 2.23. The molecule has 0 fully saturated rings. The Bertz CT molecular complexity index is 480. The second-order valence-corrected chi connectivity index (χ2v) is 12.2. The number of nitrogens with zero attached hydrogens (tertiary/aromatic N) is 1. The van der Waals surface area contributed by atoms with Gasteiger partial charge in [-0.3, -0.25) is 0 Å². The van der Waals surface area contributed by atoms with Gasteiger partial charge < -0.3 is 14.1 Å².